The lowest BCUT2D eigenvalue weighted by Gasteiger charge is -2.25. The summed E-state index contributed by atoms with van der Waals surface area (Å²) in [6.45, 7) is 4.24. The normalized spacial score (nSPS) is 21.1. The lowest BCUT2D eigenvalue weighted by Crippen LogP contribution is -2.29. The van der Waals surface area contributed by atoms with E-state index in [2.05, 4.69) is 24.1 Å². The zero-order chi connectivity index (χ0) is 17.3. The zero-order valence-corrected chi connectivity index (χ0v) is 14.7. The van der Waals surface area contributed by atoms with Gasteiger partial charge in [0.15, 0.2) is 0 Å². The standard InChI is InChI=1S/C18H22N2O3S/c1-10(2)17-20-14-8-7-13(9-15(14)24-17)19-16(21)11-3-5-12(6-4-11)18(22)23/h7-12H,3-6H2,1-2H3,(H,19,21)(H,22,23). The number of aliphatic carboxylic acids is 1. The summed E-state index contributed by atoms with van der Waals surface area (Å²) in [7, 11) is 0. The summed E-state index contributed by atoms with van der Waals surface area (Å²) in [6, 6.07) is 5.79. The number of hydrogen-bond donors (Lipinski definition) is 2. The van der Waals surface area contributed by atoms with E-state index in [-0.39, 0.29) is 17.7 Å². The third kappa shape index (κ3) is 3.59. The Kier molecular flexibility index (Phi) is 4.85. The molecule has 3 rings (SSSR count). The van der Waals surface area contributed by atoms with Crippen LogP contribution < -0.4 is 5.32 Å². The number of carbonyl (C=O) groups excluding carboxylic acids is 1. The first-order valence-corrected chi connectivity index (χ1v) is 9.20. The highest BCUT2D eigenvalue weighted by Crippen LogP contribution is 2.32. The molecule has 1 aromatic heterocycles. The van der Waals surface area contributed by atoms with Gasteiger partial charge in [0.25, 0.3) is 0 Å². The summed E-state index contributed by atoms with van der Waals surface area (Å²) >= 11 is 1.66. The Balaban J connectivity index is 1.66. The van der Waals surface area contributed by atoms with Crippen molar-refractivity contribution in [3.8, 4) is 0 Å². The van der Waals surface area contributed by atoms with Crippen molar-refractivity contribution in [1.82, 2.24) is 4.98 Å². The quantitative estimate of drug-likeness (QED) is 0.867. The summed E-state index contributed by atoms with van der Waals surface area (Å²) in [6.07, 6.45) is 2.45. The molecule has 1 aromatic carbocycles. The molecule has 1 aliphatic carbocycles. The fourth-order valence-corrected chi connectivity index (χ4v) is 4.12. The van der Waals surface area contributed by atoms with Crippen molar-refractivity contribution in [2.45, 2.75) is 45.4 Å². The number of anilines is 1. The van der Waals surface area contributed by atoms with Crippen LogP contribution in [-0.4, -0.2) is 22.0 Å². The molecule has 1 aliphatic rings. The Morgan fingerprint density at radius 2 is 1.88 bits per heavy atom. The van der Waals surface area contributed by atoms with Crippen LogP contribution in [0.5, 0.6) is 0 Å². The second-order valence-corrected chi connectivity index (χ2v) is 7.83. The number of aromatic nitrogens is 1. The molecule has 0 aliphatic heterocycles. The molecule has 5 nitrogen and oxygen atoms in total. The predicted octanol–water partition coefficient (Wildman–Crippen LogP) is 4.25. The number of carbonyl (C=O) groups is 2. The molecule has 2 aromatic rings. The first kappa shape index (κ1) is 16.9. The van der Waals surface area contributed by atoms with Gasteiger partial charge in [0, 0.05) is 17.5 Å². The van der Waals surface area contributed by atoms with E-state index in [1.165, 1.54) is 0 Å². The Morgan fingerprint density at radius 1 is 1.21 bits per heavy atom. The van der Waals surface area contributed by atoms with Gasteiger partial charge in [-0.1, -0.05) is 13.8 Å². The fourth-order valence-electron chi connectivity index (χ4n) is 3.11. The number of amides is 1. The number of carboxylic acids is 1. The third-order valence-corrected chi connectivity index (χ3v) is 5.93. The SMILES string of the molecule is CC(C)c1nc2ccc(NC(=O)C3CCC(C(=O)O)CC3)cc2s1. The van der Waals surface area contributed by atoms with E-state index in [1.54, 1.807) is 11.3 Å². The molecule has 128 valence electrons. The van der Waals surface area contributed by atoms with Crippen LogP contribution in [0, 0.1) is 11.8 Å². The Hall–Kier alpha value is -1.95. The van der Waals surface area contributed by atoms with E-state index in [0.717, 1.165) is 20.9 Å². The average Bonchev–Trinajstić information content (AvgIpc) is 2.98. The molecular weight excluding hydrogens is 324 g/mol. The van der Waals surface area contributed by atoms with Gasteiger partial charge >= 0.3 is 5.97 Å². The van der Waals surface area contributed by atoms with Gasteiger partial charge in [0.05, 0.1) is 21.1 Å². The Labute approximate surface area is 145 Å². The van der Waals surface area contributed by atoms with Gasteiger partial charge in [-0.2, -0.15) is 0 Å². The lowest BCUT2D eigenvalue weighted by atomic mass is 9.81. The maximum absolute atomic E-state index is 12.4. The molecular formula is C18H22N2O3S. The predicted molar refractivity (Wildman–Crippen MR) is 95.4 cm³/mol. The molecule has 0 bridgehead atoms. The van der Waals surface area contributed by atoms with Crippen LogP contribution in [0.3, 0.4) is 0 Å². The molecule has 0 atom stereocenters. The molecule has 1 fully saturated rings. The minimum absolute atomic E-state index is 0.00760. The summed E-state index contributed by atoms with van der Waals surface area (Å²) in [5.74, 6) is -0.747. The van der Waals surface area contributed by atoms with Crippen LogP contribution in [-0.2, 0) is 9.59 Å². The summed E-state index contributed by atoms with van der Waals surface area (Å²) in [5.41, 5.74) is 1.75. The number of nitrogens with zero attached hydrogens (tertiary/aromatic N) is 1. The molecule has 1 saturated carbocycles. The average molecular weight is 346 g/mol. The number of benzene rings is 1. The van der Waals surface area contributed by atoms with Crippen LogP contribution in [0.15, 0.2) is 18.2 Å². The highest BCUT2D eigenvalue weighted by Gasteiger charge is 2.29. The minimum atomic E-state index is -0.745. The van der Waals surface area contributed by atoms with Gasteiger partial charge in [-0.15, -0.1) is 11.3 Å². The third-order valence-electron chi connectivity index (χ3n) is 4.61. The van der Waals surface area contributed by atoms with Gasteiger partial charge in [-0.25, -0.2) is 4.98 Å². The van der Waals surface area contributed by atoms with Gasteiger partial charge in [0.2, 0.25) is 5.91 Å². The molecule has 24 heavy (non-hydrogen) atoms. The van der Waals surface area contributed by atoms with E-state index >= 15 is 0 Å². The van der Waals surface area contributed by atoms with Crippen molar-refractivity contribution < 1.29 is 14.7 Å². The number of fused-ring (bicyclic) bond motifs is 1. The van der Waals surface area contributed by atoms with Crippen LogP contribution in [0.2, 0.25) is 0 Å². The maximum Gasteiger partial charge on any atom is 0.306 e. The first-order valence-electron chi connectivity index (χ1n) is 8.38. The van der Waals surface area contributed by atoms with Gasteiger partial charge in [-0.3, -0.25) is 9.59 Å². The van der Waals surface area contributed by atoms with Crippen molar-refractivity contribution in [3.63, 3.8) is 0 Å². The van der Waals surface area contributed by atoms with Crippen molar-refractivity contribution in [2.24, 2.45) is 11.8 Å². The molecule has 6 heteroatoms. The van der Waals surface area contributed by atoms with Crippen molar-refractivity contribution >= 4 is 39.1 Å². The van der Waals surface area contributed by atoms with Crippen LogP contribution in [0.4, 0.5) is 5.69 Å². The summed E-state index contributed by atoms with van der Waals surface area (Å²) < 4.78 is 1.08. The molecule has 0 unspecified atom stereocenters. The smallest absolute Gasteiger partial charge is 0.306 e. The summed E-state index contributed by atoms with van der Waals surface area (Å²) in [5, 5.41) is 13.1. The number of hydrogen-bond acceptors (Lipinski definition) is 4. The monoisotopic (exact) mass is 346 g/mol. The van der Waals surface area contributed by atoms with Crippen LogP contribution in [0.25, 0.3) is 10.2 Å². The second kappa shape index (κ2) is 6.89. The first-order chi connectivity index (χ1) is 11.4. The van der Waals surface area contributed by atoms with Crippen molar-refractivity contribution in [2.75, 3.05) is 5.32 Å². The number of thiazole rings is 1. The highest BCUT2D eigenvalue weighted by molar-refractivity contribution is 7.18. The number of carboxylic acid groups (broad SMARTS) is 1. The molecule has 1 amide bonds. The van der Waals surface area contributed by atoms with Crippen molar-refractivity contribution in [3.05, 3.63) is 23.2 Å². The van der Waals surface area contributed by atoms with Gasteiger partial charge < -0.3 is 10.4 Å². The second-order valence-electron chi connectivity index (χ2n) is 6.77. The molecule has 0 saturated heterocycles. The maximum atomic E-state index is 12.4. The fraction of sp³-hybridized carbons (Fsp3) is 0.500. The van der Waals surface area contributed by atoms with Crippen molar-refractivity contribution in [1.29, 1.82) is 0 Å². The number of rotatable bonds is 4. The molecule has 1 heterocycles. The largest absolute Gasteiger partial charge is 0.481 e. The van der Waals surface area contributed by atoms with E-state index < -0.39 is 5.97 Å². The van der Waals surface area contributed by atoms with Gasteiger partial charge in [-0.05, 0) is 43.9 Å². The van der Waals surface area contributed by atoms with E-state index in [4.69, 9.17) is 5.11 Å². The van der Waals surface area contributed by atoms with E-state index in [1.807, 2.05) is 18.2 Å². The molecule has 2 N–H and O–H groups in total. The lowest BCUT2D eigenvalue weighted by molar-refractivity contribution is -0.143. The molecule has 0 radical (unpaired) electrons. The van der Waals surface area contributed by atoms with Gasteiger partial charge in [0.1, 0.15) is 0 Å². The van der Waals surface area contributed by atoms with Crippen LogP contribution in [0.1, 0.15) is 50.5 Å². The topological polar surface area (TPSA) is 79.3 Å². The van der Waals surface area contributed by atoms with Crippen LogP contribution >= 0.6 is 11.3 Å². The Morgan fingerprint density at radius 3 is 2.50 bits per heavy atom. The highest BCUT2D eigenvalue weighted by atomic mass is 32.1. The molecule has 0 spiro atoms. The summed E-state index contributed by atoms with van der Waals surface area (Å²) in [4.78, 5) is 28.0. The van der Waals surface area contributed by atoms with E-state index in [0.29, 0.717) is 31.6 Å². The minimum Gasteiger partial charge on any atom is -0.481 e. The number of nitrogens with one attached hydrogen (secondary N) is 1. The Bertz CT molecular complexity index is 761. The zero-order valence-electron chi connectivity index (χ0n) is 13.9. The van der Waals surface area contributed by atoms with E-state index in [9.17, 15) is 9.59 Å².